The molecule has 17 rings (SSSR count). The molecule has 0 N–H and O–H groups in total. The van der Waals surface area contributed by atoms with Crippen molar-refractivity contribution in [2.24, 2.45) is 22.2 Å². The predicted molar refractivity (Wildman–Crippen MR) is 427 cm³/mol. The van der Waals surface area contributed by atoms with Crippen molar-refractivity contribution in [2.45, 2.75) is 327 Å². The molecular weight excluding hydrogens is 1290 g/mol. The zero-order valence-corrected chi connectivity index (χ0v) is 70.6. The number of rotatable bonds is 13. The molecule has 16 saturated heterocycles. The van der Waals surface area contributed by atoms with Crippen LogP contribution in [-0.4, -0.2) is 344 Å². The number of ether oxygens (including phenoxy) is 6. The summed E-state index contributed by atoms with van der Waals surface area (Å²) in [5.41, 5.74) is 1.44. The molecule has 0 aromatic heterocycles. The first-order chi connectivity index (χ1) is 46.6. The molecule has 17 fully saturated rings. The second-order valence-electron chi connectivity index (χ2n) is 37.6. The van der Waals surface area contributed by atoms with E-state index in [1.54, 1.807) is 21.1 Å². The fourth-order valence-electron chi connectivity index (χ4n) is 17.1. The van der Waals surface area contributed by atoms with E-state index in [0.717, 1.165) is 132 Å². The third-order valence-corrected chi connectivity index (χ3v) is 26.6. The Balaban J connectivity index is 0.000000202. The predicted octanol–water partition coefficient (Wildman–Crippen LogP) is 11.9. The summed E-state index contributed by atoms with van der Waals surface area (Å²) in [6.45, 7) is 78.2. The van der Waals surface area contributed by atoms with E-state index in [1.165, 1.54) is 97.3 Å². The molecule has 16 aliphatic heterocycles. The van der Waals surface area contributed by atoms with Gasteiger partial charge in [0.05, 0.1) is 75.6 Å². The summed E-state index contributed by atoms with van der Waals surface area (Å²) in [7, 11) is 1.93. The lowest BCUT2D eigenvalue weighted by Crippen LogP contribution is -2.72. The summed E-state index contributed by atoms with van der Waals surface area (Å²) in [6, 6.07) is 8.20. The monoisotopic (exact) mass is 1450 g/mol. The fraction of sp³-hybridized carbons (Fsp3) is 0.988. The van der Waals surface area contributed by atoms with Gasteiger partial charge in [0.2, 0.25) is 0 Å². The van der Waals surface area contributed by atoms with Crippen molar-refractivity contribution in [2.75, 3.05) is 177 Å². The minimum atomic E-state index is -1.63. The number of halogens is 1. The number of methoxy groups -OCH3 is 2. The fourth-order valence-corrected chi connectivity index (χ4v) is 19.7. The number of hydrogen-bond donors (Lipinski definition) is 0. The van der Waals surface area contributed by atoms with E-state index >= 15 is 0 Å². The Bertz CT molecular complexity index is 2330. The van der Waals surface area contributed by atoms with Crippen LogP contribution in [0.1, 0.15) is 219 Å². The lowest BCUT2D eigenvalue weighted by atomic mass is 9.63. The summed E-state index contributed by atoms with van der Waals surface area (Å²) >= 11 is 0. The van der Waals surface area contributed by atoms with Crippen LogP contribution < -0.4 is 0 Å². The lowest BCUT2D eigenvalue weighted by molar-refractivity contribution is -0.202. The second-order valence-corrected chi connectivity index (χ2v) is 40.1. The summed E-state index contributed by atoms with van der Waals surface area (Å²) in [5.74, 6) is 6.29. The van der Waals surface area contributed by atoms with Crippen molar-refractivity contribution in [3.8, 4) is 0 Å². The Hall–Kier alpha value is -0.690. The van der Waals surface area contributed by atoms with Crippen LogP contribution in [0.15, 0.2) is 0 Å². The molecular formula is C82H165FN10O7S. The lowest BCUT2D eigenvalue weighted by Gasteiger charge is -2.59. The third kappa shape index (κ3) is 27.4. The number of piperidine rings is 1. The first-order valence-corrected chi connectivity index (χ1v) is 42.6. The molecule has 0 aromatic rings. The first-order valence-electron chi connectivity index (χ1n) is 40.6. The summed E-state index contributed by atoms with van der Waals surface area (Å²) in [5, 5.41) is 0. The molecule has 0 radical (unpaired) electrons. The van der Waals surface area contributed by atoms with Crippen molar-refractivity contribution < 1.29 is 37.0 Å². The zero-order chi connectivity index (χ0) is 74.5. The highest BCUT2D eigenvalue weighted by atomic mass is 32.2. The van der Waals surface area contributed by atoms with Gasteiger partial charge in [0.25, 0.3) is 0 Å². The van der Waals surface area contributed by atoms with Gasteiger partial charge in [-0.05, 0) is 217 Å². The number of likely N-dealkylation sites (tertiary alicyclic amines) is 8. The molecule has 16 heterocycles. The summed E-state index contributed by atoms with van der Waals surface area (Å²) in [4.78, 5) is 24.6. The highest BCUT2D eigenvalue weighted by Crippen LogP contribution is 2.49. The SMILES string of the molecule is C.C=S1(=O)CC2(CN(C(C)C)C2)C1.CC(C)N1CC(C)(C)C1.CC(C)N1CC(C)(F)C1.CC(C)N1CC2(CCC2)C1.CC(C)N1CC2CC(C1)O2.CC(C)N1CC2COCC1CO2.CC(C)N1CCC12COC2.CC(C)N1CCCC1C.COC1CN(C(C)C)C1.COCC1CN(C(C)C)C1. The average molecular weight is 1450 g/mol. The van der Waals surface area contributed by atoms with Gasteiger partial charge in [0.15, 0.2) is 0 Å². The van der Waals surface area contributed by atoms with Crippen LogP contribution in [0.25, 0.3) is 0 Å². The molecule has 598 valence electrons. The summed E-state index contributed by atoms with van der Waals surface area (Å²) < 4.78 is 56.2. The summed E-state index contributed by atoms with van der Waals surface area (Å²) in [6.07, 6.45) is 11.9. The Morgan fingerprint density at radius 3 is 1.26 bits per heavy atom. The van der Waals surface area contributed by atoms with Crippen LogP contribution in [0.4, 0.5) is 4.39 Å². The van der Waals surface area contributed by atoms with E-state index in [2.05, 4.69) is 214 Å². The minimum Gasteiger partial charge on any atom is -0.384 e. The van der Waals surface area contributed by atoms with E-state index in [-0.39, 0.29) is 7.43 Å². The minimum absolute atomic E-state index is 0. The molecule has 17 aliphatic rings. The van der Waals surface area contributed by atoms with Crippen LogP contribution in [0.2, 0.25) is 0 Å². The van der Waals surface area contributed by atoms with Crippen LogP contribution in [0, 0.1) is 22.2 Å². The van der Waals surface area contributed by atoms with Gasteiger partial charge >= 0.3 is 0 Å². The van der Waals surface area contributed by atoms with Gasteiger partial charge in [0, 0.05) is 215 Å². The molecule has 3 spiro atoms. The van der Waals surface area contributed by atoms with E-state index in [9.17, 15) is 8.60 Å². The van der Waals surface area contributed by atoms with Crippen LogP contribution in [-0.2, 0) is 37.9 Å². The maximum atomic E-state index is 12.8. The van der Waals surface area contributed by atoms with Gasteiger partial charge < -0.3 is 33.3 Å². The molecule has 1 saturated carbocycles. The van der Waals surface area contributed by atoms with E-state index < -0.39 is 15.2 Å². The molecule has 5 unspecified atom stereocenters. The second kappa shape index (κ2) is 40.3. The van der Waals surface area contributed by atoms with Gasteiger partial charge in [-0.2, -0.15) is 0 Å². The highest BCUT2D eigenvalue weighted by Gasteiger charge is 2.54. The smallest absolute Gasteiger partial charge is 0.133 e. The van der Waals surface area contributed by atoms with Gasteiger partial charge in [-0.1, -0.05) is 27.7 Å². The Morgan fingerprint density at radius 2 is 0.960 bits per heavy atom. The van der Waals surface area contributed by atoms with Crippen molar-refractivity contribution >= 4 is 15.4 Å². The number of alkyl halides is 1. The van der Waals surface area contributed by atoms with Crippen LogP contribution in [0.3, 0.4) is 0 Å². The molecule has 0 amide bonds. The first kappa shape index (κ1) is 90.9. The quantitative estimate of drug-likeness (QED) is 0.163. The molecule has 5 atom stereocenters. The molecule has 0 aromatic carbocycles. The Labute approximate surface area is 623 Å². The number of fused-ring (bicyclic) bond motifs is 6. The van der Waals surface area contributed by atoms with E-state index in [4.69, 9.17) is 28.4 Å². The maximum Gasteiger partial charge on any atom is 0.133 e. The number of morpholine rings is 2. The highest BCUT2D eigenvalue weighted by molar-refractivity contribution is 8.01. The topological polar surface area (TPSA) is 105 Å². The van der Waals surface area contributed by atoms with E-state index in [1.807, 2.05) is 0 Å². The van der Waals surface area contributed by atoms with Gasteiger partial charge in [0.1, 0.15) is 5.67 Å². The van der Waals surface area contributed by atoms with Gasteiger partial charge in [-0.25, -0.2) is 4.39 Å². The molecule has 1 aliphatic carbocycles. The van der Waals surface area contributed by atoms with Crippen LogP contribution >= 0.6 is 0 Å². The van der Waals surface area contributed by atoms with E-state index in [0.29, 0.717) is 102 Å². The van der Waals surface area contributed by atoms with Crippen molar-refractivity contribution in [3.05, 3.63) is 0 Å². The standard InChI is InChI=1S/C9H17NO2.C9H17NOS.C9H17N.2C8H15NO.C8H17NO.2C8H17N.C7H14FN.C7H15NO.CH4/c1-7(2)10-3-9-6-11-4-8(10)5-12-9;1-8(2)10-4-9(5-10)6-12(3,11)7-9;1-8(2)10-6-9(7-10)4-3-5-9;1-6(2)9-4-7-3-8(5-9)10-7;1-7(2)9-4-3-8(9)5-10-6-8;1-7(2)9-4-8(5-9)6-10-3;1-7(2)9-5-8(3,4)6-9;1-7(2)9-6-4-5-8(9)3;1-6(2)9-4-7(3,8)5-9;1-6(2)8-4-7(5-8)9-3;/h7-9H,3-6H2,1-2H3;8H,3-7H2,1-2H3;8H,3-7H2,1-2H3;6-8H,3-5H2,1-2H3;7H,3-6H2,1-2H3;7-8H,4-6H2,1-3H3;7H,5-6H2,1-4H3;7-8H,4-6H2,1-3H3;6H,4-5H2,1-3H3;6-7H,4-5H2,1-3H3;1H4. The zero-order valence-electron chi connectivity index (χ0n) is 69.8. The molecule has 4 bridgehead atoms. The Morgan fingerprint density at radius 1 is 0.505 bits per heavy atom. The number of hydrogen-bond acceptors (Lipinski definition) is 17. The molecule has 19 heteroatoms. The average Bonchev–Trinajstić information content (AvgIpc) is 0.889. The van der Waals surface area contributed by atoms with Crippen molar-refractivity contribution in [3.63, 3.8) is 0 Å². The molecule has 101 heavy (non-hydrogen) atoms. The normalized spacial score (nSPS) is 29.7. The van der Waals surface area contributed by atoms with Gasteiger partial charge in [-0.15, -0.1) is 0 Å². The van der Waals surface area contributed by atoms with Gasteiger partial charge in [-0.3, -0.25) is 48.3 Å². The maximum absolute atomic E-state index is 12.8. The van der Waals surface area contributed by atoms with Crippen molar-refractivity contribution in [1.29, 1.82) is 0 Å². The van der Waals surface area contributed by atoms with Crippen LogP contribution in [0.5, 0.6) is 0 Å². The third-order valence-electron chi connectivity index (χ3n) is 24.3. The Kier molecular flexibility index (Phi) is 36.3. The number of nitrogens with zero attached hydrogens (tertiary/aromatic N) is 10. The largest absolute Gasteiger partial charge is 0.384 e. The molecule has 17 nitrogen and oxygen atoms in total. The van der Waals surface area contributed by atoms with Crippen molar-refractivity contribution in [1.82, 2.24) is 49.0 Å².